The molecule has 0 fully saturated rings. The van der Waals surface area contributed by atoms with Gasteiger partial charge < -0.3 is 20.1 Å². The number of ether oxygens (including phenoxy) is 2. The summed E-state index contributed by atoms with van der Waals surface area (Å²) >= 11 is 0. The summed E-state index contributed by atoms with van der Waals surface area (Å²) in [6, 6.07) is 14.9. The standard InChI is InChI=1S/C21H22N4O3/c1-14-5-4-6-15(11-14)13-23-21-22-10-9-17(25-21)20(26)24-18-12-16(27-2)7-8-19(18)28-3/h4-12H,13H2,1-3H3,(H,24,26)(H,22,23,25). The first kappa shape index (κ1) is 19.2. The van der Waals surface area contributed by atoms with Gasteiger partial charge in [-0.15, -0.1) is 0 Å². The monoisotopic (exact) mass is 378 g/mol. The lowest BCUT2D eigenvalue weighted by atomic mass is 10.1. The zero-order valence-corrected chi connectivity index (χ0v) is 16.0. The van der Waals surface area contributed by atoms with Gasteiger partial charge in [-0.3, -0.25) is 4.79 Å². The third kappa shape index (κ3) is 4.76. The van der Waals surface area contributed by atoms with Gasteiger partial charge in [-0.2, -0.15) is 0 Å². The fourth-order valence-corrected chi connectivity index (χ4v) is 2.67. The van der Waals surface area contributed by atoms with Crippen LogP contribution in [0.15, 0.2) is 54.7 Å². The van der Waals surface area contributed by atoms with Crippen molar-refractivity contribution in [2.45, 2.75) is 13.5 Å². The van der Waals surface area contributed by atoms with Crippen molar-refractivity contribution in [2.24, 2.45) is 0 Å². The predicted molar refractivity (Wildman–Crippen MR) is 108 cm³/mol. The molecule has 3 rings (SSSR count). The Labute approximate surface area is 163 Å². The van der Waals surface area contributed by atoms with Gasteiger partial charge in [-0.25, -0.2) is 9.97 Å². The van der Waals surface area contributed by atoms with E-state index in [-0.39, 0.29) is 11.6 Å². The van der Waals surface area contributed by atoms with E-state index in [0.717, 1.165) is 5.56 Å². The highest BCUT2D eigenvalue weighted by Crippen LogP contribution is 2.29. The van der Waals surface area contributed by atoms with Gasteiger partial charge in [-0.1, -0.05) is 29.8 Å². The van der Waals surface area contributed by atoms with Crippen molar-refractivity contribution >= 4 is 17.5 Å². The molecule has 1 amide bonds. The van der Waals surface area contributed by atoms with Crippen LogP contribution in [0.25, 0.3) is 0 Å². The van der Waals surface area contributed by atoms with Gasteiger partial charge in [0.15, 0.2) is 0 Å². The third-order valence-corrected chi connectivity index (χ3v) is 4.08. The lowest BCUT2D eigenvalue weighted by molar-refractivity contribution is 0.102. The molecule has 1 heterocycles. The SMILES string of the molecule is COc1ccc(OC)c(NC(=O)c2ccnc(NCc3cccc(C)c3)n2)c1. The summed E-state index contributed by atoms with van der Waals surface area (Å²) < 4.78 is 10.5. The minimum absolute atomic E-state index is 0.242. The highest BCUT2D eigenvalue weighted by atomic mass is 16.5. The molecule has 0 radical (unpaired) electrons. The second kappa shape index (κ2) is 8.85. The number of aromatic nitrogens is 2. The molecule has 0 atom stereocenters. The molecule has 0 saturated carbocycles. The van der Waals surface area contributed by atoms with Gasteiger partial charge in [0.1, 0.15) is 17.2 Å². The summed E-state index contributed by atoms with van der Waals surface area (Å²) in [6.07, 6.45) is 1.54. The van der Waals surface area contributed by atoms with Gasteiger partial charge in [0, 0.05) is 18.8 Å². The maximum Gasteiger partial charge on any atom is 0.274 e. The molecule has 2 aromatic carbocycles. The lowest BCUT2D eigenvalue weighted by Crippen LogP contribution is -2.16. The van der Waals surface area contributed by atoms with Crippen LogP contribution >= 0.6 is 0 Å². The van der Waals surface area contributed by atoms with Crippen LogP contribution in [0.4, 0.5) is 11.6 Å². The van der Waals surface area contributed by atoms with Crippen LogP contribution in [0.2, 0.25) is 0 Å². The van der Waals surface area contributed by atoms with Crippen molar-refractivity contribution in [2.75, 3.05) is 24.9 Å². The molecule has 0 aliphatic heterocycles. The molecule has 0 bridgehead atoms. The average Bonchev–Trinajstić information content (AvgIpc) is 2.72. The molecular formula is C21H22N4O3. The van der Waals surface area contributed by atoms with Crippen LogP contribution < -0.4 is 20.1 Å². The third-order valence-electron chi connectivity index (χ3n) is 4.08. The molecule has 0 unspecified atom stereocenters. The van der Waals surface area contributed by atoms with E-state index in [2.05, 4.69) is 26.7 Å². The van der Waals surface area contributed by atoms with E-state index in [1.54, 1.807) is 37.6 Å². The van der Waals surface area contributed by atoms with E-state index in [4.69, 9.17) is 9.47 Å². The highest BCUT2D eigenvalue weighted by molar-refractivity contribution is 6.03. The summed E-state index contributed by atoms with van der Waals surface area (Å²) in [5.74, 6) is 1.15. The van der Waals surface area contributed by atoms with E-state index < -0.39 is 0 Å². The number of methoxy groups -OCH3 is 2. The van der Waals surface area contributed by atoms with E-state index in [9.17, 15) is 4.79 Å². The first-order valence-corrected chi connectivity index (χ1v) is 8.75. The number of amides is 1. The zero-order valence-electron chi connectivity index (χ0n) is 16.0. The Morgan fingerprint density at radius 2 is 1.93 bits per heavy atom. The Morgan fingerprint density at radius 1 is 1.07 bits per heavy atom. The number of nitrogens with one attached hydrogen (secondary N) is 2. The molecule has 0 saturated heterocycles. The van der Waals surface area contributed by atoms with Gasteiger partial charge in [0.2, 0.25) is 5.95 Å². The van der Waals surface area contributed by atoms with Crippen molar-refractivity contribution in [3.63, 3.8) is 0 Å². The van der Waals surface area contributed by atoms with Crippen molar-refractivity contribution in [3.05, 3.63) is 71.5 Å². The molecule has 1 aromatic heterocycles. The fourth-order valence-electron chi connectivity index (χ4n) is 2.67. The molecule has 144 valence electrons. The quantitative estimate of drug-likeness (QED) is 0.653. The average molecular weight is 378 g/mol. The van der Waals surface area contributed by atoms with Crippen LogP contribution in [-0.2, 0) is 6.54 Å². The van der Waals surface area contributed by atoms with E-state index in [1.807, 2.05) is 25.1 Å². The maximum absolute atomic E-state index is 12.6. The van der Waals surface area contributed by atoms with E-state index >= 15 is 0 Å². The number of carbonyl (C=O) groups excluding carboxylic acids is 1. The number of benzene rings is 2. The Hall–Kier alpha value is -3.61. The van der Waals surface area contributed by atoms with Crippen LogP contribution in [0.1, 0.15) is 21.6 Å². The number of rotatable bonds is 7. The van der Waals surface area contributed by atoms with Gasteiger partial charge >= 0.3 is 0 Å². The van der Waals surface area contributed by atoms with E-state index in [1.165, 1.54) is 12.7 Å². The number of hydrogen-bond donors (Lipinski definition) is 2. The fraction of sp³-hybridized carbons (Fsp3) is 0.190. The second-order valence-corrected chi connectivity index (χ2v) is 6.13. The second-order valence-electron chi connectivity index (χ2n) is 6.13. The minimum Gasteiger partial charge on any atom is -0.497 e. The first-order chi connectivity index (χ1) is 13.6. The van der Waals surface area contributed by atoms with Crippen molar-refractivity contribution in [3.8, 4) is 11.5 Å². The normalized spacial score (nSPS) is 10.2. The van der Waals surface area contributed by atoms with Gasteiger partial charge in [0.05, 0.1) is 19.9 Å². The summed E-state index contributed by atoms with van der Waals surface area (Å²) in [5, 5.41) is 5.94. The smallest absolute Gasteiger partial charge is 0.274 e. The summed E-state index contributed by atoms with van der Waals surface area (Å²) in [5.41, 5.74) is 3.03. The minimum atomic E-state index is -0.368. The van der Waals surface area contributed by atoms with Crippen LogP contribution in [0, 0.1) is 6.92 Å². The van der Waals surface area contributed by atoms with Gasteiger partial charge in [0.25, 0.3) is 5.91 Å². The van der Waals surface area contributed by atoms with Crippen LogP contribution in [-0.4, -0.2) is 30.1 Å². The van der Waals surface area contributed by atoms with Crippen LogP contribution in [0.5, 0.6) is 11.5 Å². The largest absolute Gasteiger partial charge is 0.497 e. The molecular weight excluding hydrogens is 356 g/mol. The highest BCUT2D eigenvalue weighted by Gasteiger charge is 2.13. The number of anilines is 2. The lowest BCUT2D eigenvalue weighted by Gasteiger charge is -2.12. The van der Waals surface area contributed by atoms with Gasteiger partial charge in [-0.05, 0) is 30.7 Å². The molecule has 3 aromatic rings. The molecule has 7 heteroatoms. The van der Waals surface area contributed by atoms with Crippen molar-refractivity contribution in [1.82, 2.24) is 9.97 Å². The summed E-state index contributed by atoms with van der Waals surface area (Å²) in [4.78, 5) is 21.1. The Bertz CT molecular complexity index is 975. The van der Waals surface area contributed by atoms with E-state index in [0.29, 0.717) is 29.7 Å². The molecule has 2 N–H and O–H groups in total. The number of aryl methyl sites for hydroxylation is 1. The zero-order chi connectivity index (χ0) is 19.9. The molecule has 0 aliphatic rings. The Balaban J connectivity index is 1.72. The Morgan fingerprint density at radius 3 is 2.68 bits per heavy atom. The number of carbonyl (C=O) groups is 1. The topological polar surface area (TPSA) is 85.4 Å². The molecule has 7 nitrogen and oxygen atoms in total. The first-order valence-electron chi connectivity index (χ1n) is 8.75. The van der Waals surface area contributed by atoms with Crippen molar-refractivity contribution in [1.29, 1.82) is 0 Å². The predicted octanol–water partition coefficient (Wildman–Crippen LogP) is 3.67. The molecule has 0 aliphatic carbocycles. The number of hydrogen-bond acceptors (Lipinski definition) is 6. The van der Waals surface area contributed by atoms with Crippen LogP contribution in [0.3, 0.4) is 0 Å². The molecule has 28 heavy (non-hydrogen) atoms. The maximum atomic E-state index is 12.6. The molecule has 0 spiro atoms. The Kier molecular flexibility index (Phi) is 6.06. The van der Waals surface area contributed by atoms with Crippen molar-refractivity contribution < 1.29 is 14.3 Å². The summed E-state index contributed by atoms with van der Waals surface area (Å²) in [6.45, 7) is 2.61. The summed E-state index contributed by atoms with van der Waals surface area (Å²) in [7, 11) is 3.10. The number of nitrogens with zero attached hydrogens (tertiary/aromatic N) is 2.